The number of nitrogen functional groups attached to an aromatic ring is 1. The predicted molar refractivity (Wildman–Crippen MR) is 87.0 cm³/mol. The van der Waals surface area contributed by atoms with Gasteiger partial charge in [-0.25, -0.2) is 0 Å². The molecule has 3 N–H and O–H groups in total. The van der Waals surface area contributed by atoms with Gasteiger partial charge < -0.3 is 11.1 Å². The van der Waals surface area contributed by atoms with Gasteiger partial charge in [-0.3, -0.25) is 9.69 Å². The molecule has 2 aromatic carbocycles. The van der Waals surface area contributed by atoms with Crippen LogP contribution in [-0.4, -0.2) is 24.4 Å². The maximum absolute atomic E-state index is 12.1. The molecule has 0 heterocycles. The summed E-state index contributed by atoms with van der Waals surface area (Å²) in [4.78, 5) is 14.1. The molecule has 0 bridgehead atoms. The highest BCUT2D eigenvalue weighted by Crippen LogP contribution is 2.22. The molecule has 0 aliphatic rings. The van der Waals surface area contributed by atoms with Crippen LogP contribution in [-0.2, 0) is 11.3 Å². The lowest BCUT2D eigenvalue weighted by Gasteiger charge is -2.17. The summed E-state index contributed by atoms with van der Waals surface area (Å²) in [6.07, 6.45) is 0. The van der Waals surface area contributed by atoms with E-state index in [1.165, 1.54) is 5.56 Å². The average molecular weight is 283 g/mol. The number of carbonyl (C=O) groups is 1. The molecule has 0 aliphatic carbocycles. The number of aryl methyl sites for hydroxylation is 1. The third-order valence-corrected chi connectivity index (χ3v) is 3.28. The molecule has 1 amide bonds. The Bertz CT molecular complexity index is 590. The third kappa shape index (κ3) is 4.33. The molecule has 0 saturated carbocycles. The van der Waals surface area contributed by atoms with Crippen molar-refractivity contribution in [3.05, 3.63) is 59.7 Å². The fourth-order valence-corrected chi connectivity index (χ4v) is 2.24. The number of nitrogens with one attached hydrogen (secondary N) is 1. The third-order valence-electron chi connectivity index (χ3n) is 3.28. The van der Waals surface area contributed by atoms with Crippen molar-refractivity contribution in [3.8, 4) is 0 Å². The van der Waals surface area contributed by atoms with Gasteiger partial charge in [-0.15, -0.1) is 0 Å². The zero-order valence-electron chi connectivity index (χ0n) is 12.5. The standard InChI is InChI=1S/C17H21N3O/c1-13-7-6-10-15(18)17(13)19-16(21)12-20(2)11-14-8-4-3-5-9-14/h3-10H,11-12,18H2,1-2H3,(H,19,21). The van der Waals surface area contributed by atoms with Crippen LogP contribution in [0.4, 0.5) is 11.4 Å². The summed E-state index contributed by atoms with van der Waals surface area (Å²) >= 11 is 0. The van der Waals surface area contributed by atoms with Crippen LogP contribution in [0.3, 0.4) is 0 Å². The van der Waals surface area contributed by atoms with Gasteiger partial charge in [0.1, 0.15) is 0 Å². The largest absolute Gasteiger partial charge is 0.397 e. The first-order valence-corrected chi connectivity index (χ1v) is 6.93. The number of benzene rings is 2. The number of nitrogens with zero attached hydrogens (tertiary/aromatic N) is 1. The SMILES string of the molecule is Cc1cccc(N)c1NC(=O)CN(C)Cc1ccccc1. The van der Waals surface area contributed by atoms with Crippen molar-refractivity contribution in [2.45, 2.75) is 13.5 Å². The highest BCUT2D eigenvalue weighted by Gasteiger charge is 2.10. The average Bonchev–Trinajstić information content (AvgIpc) is 2.44. The highest BCUT2D eigenvalue weighted by molar-refractivity contribution is 5.96. The fourth-order valence-electron chi connectivity index (χ4n) is 2.24. The Morgan fingerprint density at radius 2 is 1.86 bits per heavy atom. The van der Waals surface area contributed by atoms with Crippen molar-refractivity contribution in [1.82, 2.24) is 4.90 Å². The van der Waals surface area contributed by atoms with Gasteiger partial charge in [-0.1, -0.05) is 42.5 Å². The van der Waals surface area contributed by atoms with Gasteiger partial charge in [0, 0.05) is 6.54 Å². The van der Waals surface area contributed by atoms with E-state index in [0.29, 0.717) is 17.9 Å². The van der Waals surface area contributed by atoms with Crippen LogP contribution in [0.2, 0.25) is 0 Å². The second-order valence-electron chi connectivity index (χ2n) is 5.25. The first-order chi connectivity index (χ1) is 10.1. The maximum Gasteiger partial charge on any atom is 0.238 e. The van der Waals surface area contributed by atoms with Crippen molar-refractivity contribution >= 4 is 17.3 Å². The van der Waals surface area contributed by atoms with E-state index in [0.717, 1.165) is 12.1 Å². The molecule has 110 valence electrons. The lowest BCUT2D eigenvalue weighted by Crippen LogP contribution is -2.30. The second-order valence-corrected chi connectivity index (χ2v) is 5.25. The summed E-state index contributed by atoms with van der Waals surface area (Å²) in [5.41, 5.74) is 9.34. The lowest BCUT2D eigenvalue weighted by molar-refractivity contribution is -0.117. The molecule has 0 saturated heterocycles. The van der Waals surface area contributed by atoms with Gasteiger partial charge >= 0.3 is 0 Å². The van der Waals surface area contributed by atoms with E-state index >= 15 is 0 Å². The van der Waals surface area contributed by atoms with Gasteiger partial charge in [0.15, 0.2) is 0 Å². The molecule has 0 spiro atoms. The quantitative estimate of drug-likeness (QED) is 0.829. The van der Waals surface area contributed by atoms with Crippen molar-refractivity contribution in [2.75, 3.05) is 24.6 Å². The Morgan fingerprint density at radius 3 is 2.52 bits per heavy atom. The first kappa shape index (κ1) is 15.1. The molecule has 0 aliphatic heterocycles. The number of hydrogen-bond acceptors (Lipinski definition) is 3. The minimum atomic E-state index is -0.0607. The summed E-state index contributed by atoms with van der Waals surface area (Å²) in [5, 5.41) is 2.89. The zero-order valence-corrected chi connectivity index (χ0v) is 12.5. The maximum atomic E-state index is 12.1. The van der Waals surface area contributed by atoms with Crippen molar-refractivity contribution in [2.24, 2.45) is 0 Å². The predicted octanol–water partition coefficient (Wildman–Crippen LogP) is 2.65. The molecular weight excluding hydrogens is 262 g/mol. The Labute approximate surface area is 125 Å². The van der Waals surface area contributed by atoms with Crippen LogP contribution in [0.5, 0.6) is 0 Å². The number of nitrogens with two attached hydrogens (primary N) is 1. The van der Waals surface area contributed by atoms with Gasteiger partial charge in [-0.05, 0) is 31.2 Å². The molecule has 4 heteroatoms. The molecule has 0 radical (unpaired) electrons. The van der Waals surface area contributed by atoms with Crippen LogP contribution < -0.4 is 11.1 Å². The summed E-state index contributed by atoms with van der Waals surface area (Å²) in [7, 11) is 1.92. The van der Waals surface area contributed by atoms with E-state index in [1.807, 2.05) is 61.3 Å². The van der Waals surface area contributed by atoms with Crippen molar-refractivity contribution < 1.29 is 4.79 Å². The lowest BCUT2D eigenvalue weighted by atomic mass is 10.1. The van der Waals surface area contributed by atoms with E-state index < -0.39 is 0 Å². The molecule has 0 atom stereocenters. The number of likely N-dealkylation sites (N-methyl/N-ethyl adjacent to an activating group) is 1. The monoisotopic (exact) mass is 283 g/mol. The molecule has 0 fully saturated rings. The van der Waals surface area contributed by atoms with Gasteiger partial charge in [0.2, 0.25) is 5.91 Å². The van der Waals surface area contributed by atoms with E-state index in [9.17, 15) is 4.79 Å². The fraction of sp³-hybridized carbons (Fsp3) is 0.235. The highest BCUT2D eigenvalue weighted by atomic mass is 16.2. The Balaban J connectivity index is 1.92. The number of rotatable bonds is 5. The summed E-state index contributed by atoms with van der Waals surface area (Å²) in [6.45, 7) is 2.99. The smallest absolute Gasteiger partial charge is 0.238 e. The molecule has 21 heavy (non-hydrogen) atoms. The summed E-state index contributed by atoms with van der Waals surface area (Å²) in [6, 6.07) is 15.7. The van der Waals surface area contributed by atoms with Crippen LogP contribution in [0.1, 0.15) is 11.1 Å². The van der Waals surface area contributed by atoms with E-state index in [4.69, 9.17) is 5.73 Å². The minimum Gasteiger partial charge on any atom is -0.397 e. The molecular formula is C17H21N3O. The second kappa shape index (κ2) is 6.90. The number of anilines is 2. The van der Waals surface area contributed by atoms with Crippen LogP contribution in [0.25, 0.3) is 0 Å². The number of carbonyl (C=O) groups excluding carboxylic acids is 1. The molecule has 4 nitrogen and oxygen atoms in total. The van der Waals surface area contributed by atoms with Crippen LogP contribution in [0, 0.1) is 6.92 Å². The van der Waals surface area contributed by atoms with Crippen LogP contribution in [0.15, 0.2) is 48.5 Å². The Hall–Kier alpha value is -2.33. The topological polar surface area (TPSA) is 58.4 Å². The van der Waals surface area contributed by atoms with E-state index in [1.54, 1.807) is 6.07 Å². The van der Waals surface area contributed by atoms with Crippen molar-refractivity contribution in [3.63, 3.8) is 0 Å². The van der Waals surface area contributed by atoms with Crippen molar-refractivity contribution in [1.29, 1.82) is 0 Å². The van der Waals surface area contributed by atoms with Gasteiger partial charge in [0.25, 0.3) is 0 Å². The summed E-state index contributed by atoms with van der Waals surface area (Å²) in [5.74, 6) is -0.0607. The van der Waals surface area contributed by atoms with Crippen LogP contribution >= 0.6 is 0 Å². The molecule has 0 unspecified atom stereocenters. The number of para-hydroxylation sites is 1. The normalized spacial score (nSPS) is 10.6. The minimum absolute atomic E-state index is 0.0607. The molecule has 2 rings (SSSR count). The summed E-state index contributed by atoms with van der Waals surface area (Å²) < 4.78 is 0. The molecule has 2 aromatic rings. The van der Waals surface area contributed by atoms with E-state index in [-0.39, 0.29) is 5.91 Å². The Kier molecular flexibility index (Phi) is 4.95. The van der Waals surface area contributed by atoms with Gasteiger partial charge in [-0.2, -0.15) is 0 Å². The number of hydrogen-bond donors (Lipinski definition) is 2. The first-order valence-electron chi connectivity index (χ1n) is 6.93. The zero-order chi connectivity index (χ0) is 15.2. The number of amides is 1. The Morgan fingerprint density at radius 1 is 1.14 bits per heavy atom. The van der Waals surface area contributed by atoms with E-state index in [2.05, 4.69) is 5.32 Å². The molecule has 0 aromatic heterocycles. The van der Waals surface area contributed by atoms with Gasteiger partial charge in [0.05, 0.1) is 17.9 Å².